The molecule has 6 nitrogen and oxygen atoms in total. The Morgan fingerprint density at radius 1 is 1.08 bits per heavy atom. The molecule has 1 atom stereocenters. The van der Waals surface area contributed by atoms with Crippen LogP contribution in [-0.2, 0) is 4.74 Å². The van der Waals surface area contributed by atoms with Crippen LogP contribution >= 0.6 is 0 Å². The van der Waals surface area contributed by atoms with Gasteiger partial charge in [-0.2, -0.15) is 0 Å². The second-order valence-electron chi connectivity index (χ2n) is 6.95. The fraction of sp³-hybridized carbons (Fsp3) is 0.579. The fourth-order valence-corrected chi connectivity index (χ4v) is 2.24. The number of nitrogens with one attached hydrogen (secondary N) is 3. The quantitative estimate of drug-likeness (QED) is 0.402. The van der Waals surface area contributed by atoms with E-state index >= 15 is 0 Å². The molecule has 0 bridgehead atoms. The Balaban J connectivity index is 2.19. The first-order valence-electron chi connectivity index (χ1n) is 8.78. The van der Waals surface area contributed by atoms with Gasteiger partial charge in [-0.05, 0) is 38.7 Å². The Labute approximate surface area is 151 Å². The summed E-state index contributed by atoms with van der Waals surface area (Å²) in [6.07, 6.45) is 0.606. The Morgan fingerprint density at radius 2 is 1.68 bits per heavy atom. The molecule has 140 valence electrons. The van der Waals surface area contributed by atoms with Gasteiger partial charge in [0.1, 0.15) is 5.60 Å². The third-order valence-corrected chi connectivity index (χ3v) is 3.55. The van der Waals surface area contributed by atoms with Crippen LogP contribution in [-0.4, -0.2) is 44.3 Å². The molecular formula is C19H32N4O2. The molecule has 0 saturated heterocycles. The highest BCUT2D eigenvalue weighted by atomic mass is 16.6. The number of guanidine groups is 1. The number of benzene rings is 1. The third kappa shape index (κ3) is 9.59. The van der Waals surface area contributed by atoms with Crippen molar-refractivity contribution in [3.05, 3.63) is 35.9 Å². The molecule has 1 aromatic rings. The van der Waals surface area contributed by atoms with Crippen LogP contribution in [0.2, 0.25) is 0 Å². The van der Waals surface area contributed by atoms with Crippen molar-refractivity contribution < 1.29 is 9.53 Å². The minimum atomic E-state index is -0.482. The summed E-state index contributed by atoms with van der Waals surface area (Å²) in [5, 5.41) is 9.17. The number of hydrogen-bond acceptors (Lipinski definition) is 3. The van der Waals surface area contributed by atoms with E-state index in [0.717, 1.165) is 18.9 Å². The van der Waals surface area contributed by atoms with Gasteiger partial charge >= 0.3 is 6.09 Å². The topological polar surface area (TPSA) is 74.8 Å². The molecule has 1 aromatic carbocycles. The summed E-state index contributed by atoms with van der Waals surface area (Å²) in [7, 11) is 1.73. The van der Waals surface area contributed by atoms with Crippen molar-refractivity contribution in [1.82, 2.24) is 16.0 Å². The lowest BCUT2D eigenvalue weighted by Crippen LogP contribution is -2.42. The zero-order chi connectivity index (χ0) is 18.7. The number of hydrogen-bond donors (Lipinski definition) is 3. The molecule has 0 fully saturated rings. The molecular weight excluding hydrogens is 316 g/mol. The molecule has 1 amide bonds. The minimum absolute atomic E-state index is 0.408. The second-order valence-corrected chi connectivity index (χ2v) is 6.95. The number of alkyl carbamates (subject to hydrolysis) is 1. The van der Waals surface area contributed by atoms with Gasteiger partial charge in [0.05, 0.1) is 0 Å². The Hall–Kier alpha value is -2.24. The average molecular weight is 348 g/mol. The second kappa shape index (κ2) is 10.6. The summed E-state index contributed by atoms with van der Waals surface area (Å²) in [6, 6.07) is 10.5. The van der Waals surface area contributed by atoms with Crippen molar-refractivity contribution >= 4 is 12.1 Å². The van der Waals surface area contributed by atoms with Crippen LogP contribution in [0.5, 0.6) is 0 Å². The van der Waals surface area contributed by atoms with E-state index in [9.17, 15) is 4.79 Å². The Kier molecular flexibility index (Phi) is 8.81. The van der Waals surface area contributed by atoms with Crippen molar-refractivity contribution in [2.45, 2.75) is 45.6 Å². The Bertz CT molecular complexity index is 538. The molecule has 0 aliphatic carbocycles. The third-order valence-electron chi connectivity index (χ3n) is 3.55. The number of carbonyl (C=O) groups excluding carboxylic acids is 1. The maximum Gasteiger partial charge on any atom is 0.407 e. The van der Waals surface area contributed by atoms with Crippen LogP contribution in [0.15, 0.2) is 35.3 Å². The highest BCUT2D eigenvalue weighted by molar-refractivity contribution is 5.79. The van der Waals surface area contributed by atoms with E-state index in [-0.39, 0.29) is 0 Å². The van der Waals surface area contributed by atoms with Crippen molar-refractivity contribution in [3.8, 4) is 0 Å². The summed E-state index contributed by atoms with van der Waals surface area (Å²) in [6.45, 7) is 9.61. The van der Waals surface area contributed by atoms with Crippen molar-refractivity contribution in [2.75, 3.05) is 26.7 Å². The number of nitrogens with zero attached hydrogens (tertiary/aromatic N) is 1. The fourth-order valence-electron chi connectivity index (χ4n) is 2.24. The molecule has 0 saturated carbocycles. The van der Waals surface area contributed by atoms with E-state index in [1.54, 1.807) is 7.05 Å². The van der Waals surface area contributed by atoms with Crippen LogP contribution in [0.25, 0.3) is 0 Å². The smallest absolute Gasteiger partial charge is 0.407 e. The van der Waals surface area contributed by atoms with E-state index in [1.165, 1.54) is 5.56 Å². The highest BCUT2D eigenvalue weighted by Crippen LogP contribution is 2.17. The Morgan fingerprint density at radius 3 is 2.28 bits per heavy atom. The lowest BCUT2D eigenvalue weighted by molar-refractivity contribution is 0.0529. The largest absolute Gasteiger partial charge is 0.444 e. The SMILES string of the molecule is CN=C(NCCNC(=O)OC(C)(C)C)NCCC(C)c1ccccc1. The summed E-state index contributed by atoms with van der Waals surface area (Å²) < 4.78 is 5.18. The predicted octanol–water partition coefficient (Wildman–Crippen LogP) is 2.87. The van der Waals surface area contributed by atoms with Crippen molar-refractivity contribution in [1.29, 1.82) is 0 Å². The van der Waals surface area contributed by atoms with Gasteiger partial charge in [-0.1, -0.05) is 37.3 Å². The first kappa shape index (κ1) is 20.8. The van der Waals surface area contributed by atoms with E-state index < -0.39 is 11.7 Å². The molecule has 0 heterocycles. The number of carbonyl (C=O) groups is 1. The van der Waals surface area contributed by atoms with Gasteiger partial charge in [0.2, 0.25) is 0 Å². The van der Waals surface area contributed by atoms with Crippen LogP contribution in [0.3, 0.4) is 0 Å². The van der Waals surface area contributed by atoms with Gasteiger partial charge in [-0.3, -0.25) is 4.99 Å². The average Bonchev–Trinajstić information content (AvgIpc) is 2.56. The van der Waals surface area contributed by atoms with Gasteiger partial charge in [0.15, 0.2) is 5.96 Å². The standard InChI is InChI=1S/C19H32N4O2/c1-15(16-9-7-6-8-10-16)11-12-21-17(20-5)22-13-14-23-18(24)25-19(2,3)4/h6-10,15H,11-14H2,1-5H3,(H,23,24)(H2,20,21,22). The number of amides is 1. The molecule has 1 unspecified atom stereocenters. The normalized spacial score (nSPS) is 13.1. The summed E-state index contributed by atoms with van der Waals surface area (Å²) in [5.41, 5.74) is 0.860. The number of aliphatic imine (C=N–C) groups is 1. The summed E-state index contributed by atoms with van der Waals surface area (Å²) in [5.74, 6) is 1.21. The summed E-state index contributed by atoms with van der Waals surface area (Å²) in [4.78, 5) is 15.7. The van der Waals surface area contributed by atoms with Crippen molar-refractivity contribution in [2.24, 2.45) is 4.99 Å². The molecule has 0 aliphatic rings. The van der Waals surface area contributed by atoms with Gasteiger partial charge < -0.3 is 20.7 Å². The molecule has 0 radical (unpaired) electrons. The predicted molar refractivity (Wildman–Crippen MR) is 103 cm³/mol. The molecule has 25 heavy (non-hydrogen) atoms. The van der Waals surface area contributed by atoms with Crippen LogP contribution in [0.1, 0.15) is 45.6 Å². The highest BCUT2D eigenvalue weighted by Gasteiger charge is 2.15. The lowest BCUT2D eigenvalue weighted by Gasteiger charge is -2.20. The van der Waals surface area contributed by atoms with Crippen LogP contribution < -0.4 is 16.0 Å². The monoisotopic (exact) mass is 348 g/mol. The summed E-state index contributed by atoms with van der Waals surface area (Å²) >= 11 is 0. The lowest BCUT2D eigenvalue weighted by atomic mass is 9.98. The molecule has 0 spiro atoms. The van der Waals surface area contributed by atoms with Crippen LogP contribution in [0.4, 0.5) is 4.79 Å². The van der Waals surface area contributed by atoms with Gasteiger partial charge in [-0.25, -0.2) is 4.79 Å². The van der Waals surface area contributed by atoms with Gasteiger partial charge in [0.25, 0.3) is 0 Å². The van der Waals surface area contributed by atoms with Crippen LogP contribution in [0, 0.1) is 0 Å². The first-order valence-corrected chi connectivity index (χ1v) is 8.78. The van der Waals surface area contributed by atoms with Crippen molar-refractivity contribution in [3.63, 3.8) is 0 Å². The van der Waals surface area contributed by atoms with Gasteiger partial charge in [0, 0.05) is 26.7 Å². The zero-order valence-corrected chi connectivity index (χ0v) is 16.1. The molecule has 0 aliphatic heterocycles. The molecule has 3 N–H and O–H groups in total. The van der Waals surface area contributed by atoms with Gasteiger partial charge in [-0.15, -0.1) is 0 Å². The minimum Gasteiger partial charge on any atom is -0.444 e. The number of rotatable bonds is 7. The molecule has 0 aromatic heterocycles. The number of ether oxygens (including phenoxy) is 1. The zero-order valence-electron chi connectivity index (χ0n) is 16.1. The van der Waals surface area contributed by atoms with E-state index in [2.05, 4.69) is 52.1 Å². The molecule has 6 heteroatoms. The maximum absolute atomic E-state index is 11.5. The first-order chi connectivity index (χ1) is 11.8. The molecule has 1 rings (SSSR count). The van der Waals surface area contributed by atoms with E-state index in [0.29, 0.717) is 19.0 Å². The van der Waals surface area contributed by atoms with E-state index in [1.807, 2.05) is 26.8 Å². The maximum atomic E-state index is 11.5. The van der Waals surface area contributed by atoms with E-state index in [4.69, 9.17) is 4.74 Å².